The van der Waals surface area contributed by atoms with Crippen LogP contribution in [-0.4, -0.2) is 85.1 Å². The molecule has 7 nitrogen and oxygen atoms in total. The van der Waals surface area contributed by atoms with E-state index in [1.807, 2.05) is 13.8 Å². The summed E-state index contributed by atoms with van der Waals surface area (Å²) in [6.07, 6.45) is 6.36. The van der Waals surface area contributed by atoms with Gasteiger partial charge < -0.3 is 28.4 Å². The molecule has 0 aliphatic rings. The molecule has 0 amide bonds. The predicted molar refractivity (Wildman–Crippen MR) is 123 cm³/mol. The smallest absolute Gasteiger partial charge is 0.160 e. The Labute approximate surface area is 190 Å². The highest BCUT2D eigenvalue weighted by Gasteiger charge is 2.06. The number of unbranched alkanes of at least 4 members (excludes halogenated alkanes) is 3. The van der Waals surface area contributed by atoms with E-state index in [0.29, 0.717) is 66.1 Å². The van der Waals surface area contributed by atoms with Crippen molar-refractivity contribution in [2.45, 2.75) is 59.8 Å². The number of hydrogen-bond donors (Lipinski definition) is 0. The van der Waals surface area contributed by atoms with Crippen LogP contribution in [0, 0.1) is 11.8 Å². The first-order valence-corrected chi connectivity index (χ1v) is 12.0. The zero-order valence-electron chi connectivity index (χ0n) is 20.5. The summed E-state index contributed by atoms with van der Waals surface area (Å²) in [5.41, 5.74) is 0. The van der Waals surface area contributed by atoms with Crippen molar-refractivity contribution in [1.29, 1.82) is 0 Å². The number of carbonyl (C=O) groups excluding carboxylic acids is 1. The quantitative estimate of drug-likeness (QED) is 0.196. The zero-order valence-corrected chi connectivity index (χ0v) is 20.5. The molecule has 0 aromatic heterocycles. The zero-order chi connectivity index (χ0) is 23.0. The summed E-state index contributed by atoms with van der Waals surface area (Å²) < 4.78 is 32.5. The fourth-order valence-electron chi connectivity index (χ4n) is 2.55. The Hall–Kier alpha value is -0.570. The van der Waals surface area contributed by atoms with E-state index in [4.69, 9.17) is 28.4 Å². The largest absolute Gasteiger partial charge is 0.379 e. The van der Waals surface area contributed by atoms with Gasteiger partial charge in [0, 0.05) is 12.5 Å². The van der Waals surface area contributed by atoms with Gasteiger partial charge in [-0.25, -0.2) is 0 Å². The molecule has 0 aromatic carbocycles. The van der Waals surface area contributed by atoms with Crippen LogP contribution in [-0.2, 0) is 33.2 Å². The Balaban J connectivity index is 3.06. The third-order valence-corrected chi connectivity index (χ3v) is 4.57. The van der Waals surface area contributed by atoms with E-state index >= 15 is 0 Å². The summed E-state index contributed by atoms with van der Waals surface area (Å²) in [5, 5.41) is 0. The third kappa shape index (κ3) is 25.6. The highest BCUT2D eigenvalue weighted by Crippen LogP contribution is 2.09. The molecule has 0 aliphatic heterocycles. The molecule has 0 aliphatic carbocycles. The van der Waals surface area contributed by atoms with Crippen LogP contribution in [0.4, 0.5) is 0 Å². The van der Waals surface area contributed by atoms with Crippen LogP contribution in [0.5, 0.6) is 0 Å². The molecule has 0 rings (SSSR count). The molecule has 0 atom stereocenters. The molecule has 0 fully saturated rings. The first kappa shape index (κ1) is 30.4. The molecule has 0 unspecified atom stereocenters. The fourth-order valence-corrected chi connectivity index (χ4v) is 2.55. The SMILES string of the molecule is CC(C)CCCCCCOCCOCCOCCOCCOCCOCC(=O)C(C)C. The summed E-state index contributed by atoms with van der Waals surface area (Å²) in [6.45, 7) is 14.6. The monoisotopic (exact) mass is 448 g/mol. The number of ether oxygens (including phenoxy) is 6. The van der Waals surface area contributed by atoms with Crippen molar-refractivity contribution in [3.63, 3.8) is 0 Å². The molecule has 0 heterocycles. The standard InChI is InChI=1S/C24H48O7/c1-22(2)9-7-5-6-8-10-26-11-12-27-13-14-28-15-16-29-17-18-30-19-20-31-21-24(25)23(3)4/h22-23H,5-21H2,1-4H3. The average Bonchev–Trinajstić information content (AvgIpc) is 2.73. The Morgan fingerprint density at radius 1 is 0.516 bits per heavy atom. The van der Waals surface area contributed by atoms with Gasteiger partial charge in [0.2, 0.25) is 0 Å². The van der Waals surface area contributed by atoms with E-state index in [2.05, 4.69) is 13.8 Å². The van der Waals surface area contributed by atoms with E-state index in [-0.39, 0.29) is 18.3 Å². The minimum atomic E-state index is 0.0149. The van der Waals surface area contributed by atoms with Crippen molar-refractivity contribution < 1.29 is 33.2 Å². The third-order valence-electron chi connectivity index (χ3n) is 4.57. The summed E-state index contributed by atoms with van der Waals surface area (Å²) in [4.78, 5) is 11.4. The van der Waals surface area contributed by atoms with Crippen LogP contribution in [0.15, 0.2) is 0 Å². The summed E-state index contributed by atoms with van der Waals surface area (Å²) in [5.74, 6) is 0.941. The number of ketones is 1. The van der Waals surface area contributed by atoms with E-state index in [1.54, 1.807) is 0 Å². The van der Waals surface area contributed by atoms with Gasteiger partial charge >= 0.3 is 0 Å². The molecule has 7 heteroatoms. The average molecular weight is 449 g/mol. The molecule has 0 spiro atoms. The van der Waals surface area contributed by atoms with Gasteiger partial charge in [-0.05, 0) is 12.3 Å². The number of hydrogen-bond acceptors (Lipinski definition) is 7. The molecule has 0 saturated heterocycles. The van der Waals surface area contributed by atoms with Gasteiger partial charge in [0.15, 0.2) is 5.78 Å². The van der Waals surface area contributed by atoms with Crippen molar-refractivity contribution in [2.75, 3.05) is 79.3 Å². The van der Waals surface area contributed by atoms with Gasteiger partial charge in [-0.15, -0.1) is 0 Å². The molecule has 0 aromatic rings. The Kier molecular flexibility index (Phi) is 23.6. The van der Waals surface area contributed by atoms with Gasteiger partial charge in [-0.3, -0.25) is 4.79 Å². The maximum absolute atomic E-state index is 11.4. The van der Waals surface area contributed by atoms with Crippen LogP contribution in [0.3, 0.4) is 0 Å². The van der Waals surface area contributed by atoms with Crippen molar-refractivity contribution in [3.05, 3.63) is 0 Å². The molecule has 0 radical (unpaired) electrons. The maximum atomic E-state index is 11.4. The first-order valence-electron chi connectivity index (χ1n) is 12.0. The molecule has 186 valence electrons. The lowest BCUT2D eigenvalue weighted by molar-refractivity contribution is -0.127. The van der Waals surface area contributed by atoms with E-state index in [1.165, 1.54) is 25.7 Å². The topological polar surface area (TPSA) is 72.5 Å². The molecule has 0 N–H and O–H groups in total. The lowest BCUT2D eigenvalue weighted by Crippen LogP contribution is -2.17. The predicted octanol–water partition coefficient (Wildman–Crippen LogP) is 3.92. The van der Waals surface area contributed by atoms with Gasteiger partial charge in [0.05, 0.1) is 66.1 Å². The van der Waals surface area contributed by atoms with E-state index in [9.17, 15) is 4.79 Å². The van der Waals surface area contributed by atoms with Crippen molar-refractivity contribution >= 4 is 5.78 Å². The molecule has 31 heavy (non-hydrogen) atoms. The van der Waals surface area contributed by atoms with Crippen LogP contribution in [0.2, 0.25) is 0 Å². The Morgan fingerprint density at radius 2 is 0.903 bits per heavy atom. The Morgan fingerprint density at radius 3 is 1.32 bits per heavy atom. The minimum Gasteiger partial charge on any atom is -0.379 e. The second kappa shape index (κ2) is 24.1. The number of carbonyl (C=O) groups is 1. The van der Waals surface area contributed by atoms with Crippen LogP contribution >= 0.6 is 0 Å². The normalized spacial score (nSPS) is 11.7. The van der Waals surface area contributed by atoms with E-state index in [0.717, 1.165) is 18.9 Å². The van der Waals surface area contributed by atoms with Gasteiger partial charge in [-0.1, -0.05) is 53.4 Å². The molecule has 0 bridgehead atoms. The highest BCUT2D eigenvalue weighted by atomic mass is 16.6. The maximum Gasteiger partial charge on any atom is 0.160 e. The lowest BCUT2D eigenvalue weighted by atomic mass is 10.0. The van der Waals surface area contributed by atoms with Gasteiger partial charge in [0.25, 0.3) is 0 Å². The minimum absolute atomic E-state index is 0.0149. The highest BCUT2D eigenvalue weighted by molar-refractivity contribution is 5.81. The molecular weight excluding hydrogens is 400 g/mol. The van der Waals surface area contributed by atoms with Gasteiger partial charge in [-0.2, -0.15) is 0 Å². The fraction of sp³-hybridized carbons (Fsp3) is 0.958. The van der Waals surface area contributed by atoms with Gasteiger partial charge in [0.1, 0.15) is 6.61 Å². The van der Waals surface area contributed by atoms with Crippen molar-refractivity contribution in [2.24, 2.45) is 11.8 Å². The summed E-state index contributed by atoms with van der Waals surface area (Å²) >= 11 is 0. The van der Waals surface area contributed by atoms with Crippen LogP contribution in [0.1, 0.15) is 59.8 Å². The first-order chi connectivity index (χ1) is 15.0. The Bertz CT molecular complexity index is 375. The summed E-state index contributed by atoms with van der Waals surface area (Å²) in [7, 11) is 0. The molecule has 0 saturated carbocycles. The van der Waals surface area contributed by atoms with Crippen molar-refractivity contribution in [3.8, 4) is 0 Å². The van der Waals surface area contributed by atoms with Crippen molar-refractivity contribution in [1.82, 2.24) is 0 Å². The lowest BCUT2D eigenvalue weighted by Gasteiger charge is -2.08. The van der Waals surface area contributed by atoms with Crippen LogP contribution < -0.4 is 0 Å². The number of Topliss-reactive ketones (excluding diaryl/α,β-unsaturated/α-hetero) is 1. The second-order valence-corrected chi connectivity index (χ2v) is 8.33. The second-order valence-electron chi connectivity index (χ2n) is 8.33. The molecular formula is C24H48O7. The summed E-state index contributed by atoms with van der Waals surface area (Å²) in [6, 6.07) is 0. The van der Waals surface area contributed by atoms with Crippen LogP contribution in [0.25, 0.3) is 0 Å². The number of rotatable bonds is 25. The van der Waals surface area contributed by atoms with E-state index < -0.39 is 0 Å².